The van der Waals surface area contributed by atoms with E-state index in [1.54, 1.807) is 18.2 Å². The van der Waals surface area contributed by atoms with Gasteiger partial charge in [-0.05, 0) is 35.9 Å². The van der Waals surface area contributed by atoms with Gasteiger partial charge in [-0.15, -0.1) is 0 Å². The quantitative estimate of drug-likeness (QED) is 0.804. The van der Waals surface area contributed by atoms with E-state index in [1.165, 1.54) is 17.5 Å². The zero-order chi connectivity index (χ0) is 15.1. The Labute approximate surface area is 132 Å². The summed E-state index contributed by atoms with van der Waals surface area (Å²) in [5.41, 5.74) is 0.860. The van der Waals surface area contributed by atoms with Crippen molar-refractivity contribution in [2.75, 3.05) is 0 Å². The highest BCUT2D eigenvalue weighted by Crippen LogP contribution is 2.17. The second-order valence-corrected chi connectivity index (χ2v) is 6.13. The topological polar surface area (TPSA) is 52.6 Å². The summed E-state index contributed by atoms with van der Waals surface area (Å²) < 4.78 is 32.8. The highest BCUT2D eigenvalue weighted by Gasteiger charge is 2.07. The second kappa shape index (κ2) is 8.09. The Morgan fingerprint density at radius 2 is 1.62 bits per heavy atom. The molecule has 0 fully saturated rings. The third-order valence-electron chi connectivity index (χ3n) is 2.27. The van der Waals surface area contributed by atoms with E-state index in [2.05, 4.69) is 0 Å². The van der Waals surface area contributed by atoms with Crippen LogP contribution in [0.25, 0.3) is 6.08 Å². The van der Waals surface area contributed by atoms with Gasteiger partial charge in [-0.1, -0.05) is 41.9 Å². The monoisotopic (exact) mass is 342 g/mol. The summed E-state index contributed by atoms with van der Waals surface area (Å²) in [6.07, 6.45) is 1.61. The van der Waals surface area contributed by atoms with Crippen molar-refractivity contribution in [1.29, 1.82) is 0 Å². The average Bonchev–Trinajstić information content (AvgIpc) is 2.48. The van der Waals surface area contributed by atoms with Crippen molar-refractivity contribution in [3.63, 3.8) is 0 Å². The van der Waals surface area contributed by atoms with E-state index in [0.29, 0.717) is 10.8 Å². The van der Waals surface area contributed by atoms with Crippen molar-refractivity contribution in [2.45, 2.75) is 0 Å². The molecule has 7 heteroatoms. The molecule has 0 N–H and O–H groups in total. The van der Waals surface area contributed by atoms with Crippen LogP contribution < -0.4 is 4.18 Å². The van der Waals surface area contributed by atoms with Crippen LogP contribution in [0, 0.1) is 0 Å². The standard InChI is InChI=1S/C14H11ClO4S2/c15-13-6-8-14(9-7-13)18-21(17)19-20(16)11-10-12-4-2-1-3-5-12/h1-11H. The third-order valence-corrected chi connectivity index (χ3v) is 4.19. The predicted octanol–water partition coefficient (Wildman–Crippen LogP) is 3.65. The lowest BCUT2D eigenvalue weighted by molar-refractivity contribution is 0.476. The lowest BCUT2D eigenvalue weighted by Gasteiger charge is -2.02. The van der Waals surface area contributed by atoms with Gasteiger partial charge in [0.15, 0.2) is 11.1 Å². The maximum absolute atomic E-state index is 11.6. The van der Waals surface area contributed by atoms with Gasteiger partial charge in [0.25, 0.3) is 0 Å². The Morgan fingerprint density at radius 3 is 2.29 bits per heavy atom. The van der Waals surface area contributed by atoms with Crippen molar-refractivity contribution in [3.05, 3.63) is 70.6 Å². The summed E-state index contributed by atoms with van der Waals surface area (Å²) in [4.78, 5) is 0. The summed E-state index contributed by atoms with van der Waals surface area (Å²) in [6.45, 7) is 0. The second-order valence-electron chi connectivity index (χ2n) is 3.78. The van der Waals surface area contributed by atoms with Gasteiger partial charge >= 0.3 is 11.4 Å². The zero-order valence-corrected chi connectivity index (χ0v) is 13.1. The van der Waals surface area contributed by atoms with Crippen LogP contribution in [0.1, 0.15) is 5.56 Å². The van der Waals surface area contributed by atoms with Crippen LogP contribution in [-0.2, 0) is 26.1 Å². The summed E-state index contributed by atoms with van der Waals surface area (Å²) in [5.74, 6) is 0.307. The number of halogens is 1. The van der Waals surface area contributed by atoms with Gasteiger partial charge in [0, 0.05) is 10.4 Å². The van der Waals surface area contributed by atoms with Crippen molar-refractivity contribution in [3.8, 4) is 5.75 Å². The van der Waals surface area contributed by atoms with Gasteiger partial charge < -0.3 is 4.18 Å². The minimum absolute atomic E-state index is 0.307. The first-order chi connectivity index (χ1) is 10.1. The summed E-state index contributed by atoms with van der Waals surface area (Å²) in [7, 11) is 0. The van der Waals surface area contributed by atoms with Crippen LogP contribution in [-0.4, -0.2) is 8.42 Å². The van der Waals surface area contributed by atoms with E-state index < -0.39 is 22.4 Å². The van der Waals surface area contributed by atoms with Crippen molar-refractivity contribution in [1.82, 2.24) is 0 Å². The molecule has 0 heterocycles. The first kappa shape index (κ1) is 15.9. The summed E-state index contributed by atoms with van der Waals surface area (Å²) in [6, 6.07) is 15.5. The molecule has 2 atom stereocenters. The van der Waals surface area contributed by atoms with Crippen LogP contribution in [0.5, 0.6) is 5.75 Å². The highest BCUT2D eigenvalue weighted by atomic mass is 35.5. The molecule has 0 radical (unpaired) electrons. The molecule has 0 aliphatic heterocycles. The van der Waals surface area contributed by atoms with E-state index in [9.17, 15) is 8.42 Å². The first-order valence-electron chi connectivity index (χ1n) is 5.82. The summed E-state index contributed by atoms with van der Waals surface area (Å²) >= 11 is 1.69. The molecule has 0 aliphatic carbocycles. The Bertz CT molecular complexity index is 656. The Morgan fingerprint density at radius 1 is 0.952 bits per heavy atom. The van der Waals surface area contributed by atoms with Gasteiger partial charge in [0.2, 0.25) is 0 Å². The SMILES string of the molecule is O=S(C=Cc1ccccc1)OS(=O)Oc1ccc(Cl)cc1. The molecule has 2 unspecified atom stereocenters. The first-order valence-corrected chi connectivity index (χ1v) is 8.33. The van der Waals surface area contributed by atoms with E-state index >= 15 is 0 Å². The third kappa shape index (κ3) is 5.81. The predicted molar refractivity (Wildman–Crippen MR) is 84.9 cm³/mol. The maximum Gasteiger partial charge on any atom is 0.374 e. The molecule has 0 saturated heterocycles. The molecule has 0 bridgehead atoms. The average molecular weight is 343 g/mol. The lowest BCUT2D eigenvalue weighted by Crippen LogP contribution is -2.05. The van der Waals surface area contributed by atoms with Crippen LogP contribution in [0.3, 0.4) is 0 Å². The van der Waals surface area contributed by atoms with Crippen LogP contribution in [0.2, 0.25) is 5.02 Å². The molecule has 110 valence electrons. The molecule has 2 rings (SSSR count). The van der Waals surface area contributed by atoms with Crippen LogP contribution >= 0.6 is 11.6 Å². The molecule has 0 saturated carbocycles. The molecule has 21 heavy (non-hydrogen) atoms. The molecule has 2 aromatic carbocycles. The number of benzene rings is 2. The fraction of sp³-hybridized carbons (Fsp3) is 0. The van der Waals surface area contributed by atoms with Crippen molar-refractivity contribution >= 4 is 40.1 Å². The van der Waals surface area contributed by atoms with Crippen molar-refractivity contribution < 1.29 is 16.2 Å². The number of hydrogen-bond donors (Lipinski definition) is 0. The van der Waals surface area contributed by atoms with Gasteiger partial charge in [-0.2, -0.15) is 7.84 Å². The molecule has 0 aliphatic rings. The molecule has 0 aromatic heterocycles. The Balaban J connectivity index is 1.86. The van der Waals surface area contributed by atoms with E-state index in [0.717, 1.165) is 5.56 Å². The Hall–Kier alpha value is -1.47. The molecule has 0 amide bonds. The normalized spacial score (nSPS) is 14.0. The van der Waals surface area contributed by atoms with Gasteiger partial charge in [0.05, 0.1) is 0 Å². The van der Waals surface area contributed by atoms with E-state index in [4.69, 9.17) is 19.4 Å². The number of hydrogen-bond acceptors (Lipinski definition) is 4. The highest BCUT2D eigenvalue weighted by molar-refractivity contribution is 7.93. The zero-order valence-electron chi connectivity index (χ0n) is 10.7. The minimum atomic E-state index is -2.16. The molecule has 2 aromatic rings. The van der Waals surface area contributed by atoms with Crippen LogP contribution in [0.4, 0.5) is 0 Å². The van der Waals surface area contributed by atoms with E-state index in [1.807, 2.05) is 30.3 Å². The van der Waals surface area contributed by atoms with Gasteiger partial charge in [-0.25, -0.2) is 4.21 Å². The Kier molecular flexibility index (Phi) is 6.13. The van der Waals surface area contributed by atoms with E-state index in [-0.39, 0.29) is 0 Å². The summed E-state index contributed by atoms with van der Waals surface area (Å²) in [5, 5.41) is 1.82. The fourth-order valence-corrected chi connectivity index (χ4v) is 2.75. The lowest BCUT2D eigenvalue weighted by atomic mass is 10.2. The molecular formula is C14H11ClO4S2. The fourth-order valence-electron chi connectivity index (χ4n) is 1.36. The minimum Gasteiger partial charge on any atom is -0.379 e. The molecule has 0 spiro atoms. The maximum atomic E-state index is 11.6. The molecular weight excluding hydrogens is 332 g/mol. The van der Waals surface area contributed by atoms with Gasteiger partial charge in [-0.3, -0.25) is 0 Å². The molecule has 4 nitrogen and oxygen atoms in total. The van der Waals surface area contributed by atoms with Crippen molar-refractivity contribution in [2.24, 2.45) is 0 Å². The number of rotatable bonds is 6. The van der Waals surface area contributed by atoms with Crippen LogP contribution in [0.15, 0.2) is 60.0 Å². The van der Waals surface area contributed by atoms with Gasteiger partial charge in [0.1, 0.15) is 5.75 Å². The largest absolute Gasteiger partial charge is 0.379 e. The smallest absolute Gasteiger partial charge is 0.374 e.